The molecule has 132 valence electrons. The molecule has 1 heterocycles. The molecule has 0 aliphatic heterocycles. The number of nitrogens with one attached hydrogen (secondary N) is 1. The molecule has 7 heteroatoms. The highest BCUT2D eigenvalue weighted by molar-refractivity contribution is 7.15. The fraction of sp³-hybridized carbons (Fsp3) is 0.0526. The molecule has 0 unspecified atom stereocenters. The highest BCUT2D eigenvalue weighted by Gasteiger charge is 2.08. The zero-order valence-electron chi connectivity index (χ0n) is 13.4. The molecule has 0 saturated heterocycles. The summed E-state index contributed by atoms with van der Waals surface area (Å²) < 4.78 is 13.1. The fourth-order valence-electron chi connectivity index (χ4n) is 2.24. The quantitative estimate of drug-likeness (QED) is 0.541. The topological polar surface area (TPSA) is 42.0 Å². The molecule has 0 aliphatic rings. The van der Waals surface area contributed by atoms with E-state index in [-0.39, 0.29) is 11.7 Å². The zero-order valence-corrected chi connectivity index (χ0v) is 15.7. The summed E-state index contributed by atoms with van der Waals surface area (Å²) in [7, 11) is 0. The van der Waals surface area contributed by atoms with Crippen LogP contribution in [-0.4, -0.2) is 10.9 Å². The molecule has 0 fully saturated rings. The van der Waals surface area contributed by atoms with E-state index in [1.165, 1.54) is 29.5 Å². The molecule has 0 aliphatic carbocycles. The van der Waals surface area contributed by atoms with E-state index in [1.54, 1.807) is 36.5 Å². The number of rotatable bonds is 5. The van der Waals surface area contributed by atoms with Crippen LogP contribution in [0.15, 0.2) is 54.7 Å². The molecule has 0 saturated carbocycles. The minimum atomic E-state index is -0.350. The van der Waals surface area contributed by atoms with Crippen LogP contribution in [0.5, 0.6) is 0 Å². The molecular weight excluding hydrogens is 394 g/mol. The van der Waals surface area contributed by atoms with Crippen LogP contribution in [0.4, 0.5) is 9.52 Å². The number of halogens is 3. The molecule has 1 N–H and O–H groups in total. The van der Waals surface area contributed by atoms with Gasteiger partial charge in [-0.1, -0.05) is 35.3 Å². The fourth-order valence-corrected chi connectivity index (χ4v) is 3.46. The molecule has 2 aromatic carbocycles. The number of benzene rings is 2. The van der Waals surface area contributed by atoms with Crippen LogP contribution in [0.1, 0.15) is 16.0 Å². The van der Waals surface area contributed by atoms with Crippen LogP contribution in [-0.2, 0) is 11.2 Å². The molecule has 0 spiro atoms. The number of hydrogen-bond donors (Lipinski definition) is 1. The Kier molecular flexibility index (Phi) is 6.04. The molecule has 0 atom stereocenters. The van der Waals surface area contributed by atoms with Crippen molar-refractivity contribution in [1.82, 2.24) is 4.98 Å². The zero-order chi connectivity index (χ0) is 18.5. The number of carbonyl (C=O) groups is 1. The van der Waals surface area contributed by atoms with Gasteiger partial charge in [0.15, 0.2) is 5.13 Å². The Labute approximate surface area is 164 Å². The van der Waals surface area contributed by atoms with Gasteiger partial charge in [0.05, 0.1) is 0 Å². The van der Waals surface area contributed by atoms with Crippen molar-refractivity contribution in [1.29, 1.82) is 0 Å². The number of hydrogen-bond acceptors (Lipinski definition) is 3. The highest BCUT2D eigenvalue weighted by atomic mass is 35.5. The number of anilines is 1. The van der Waals surface area contributed by atoms with Crippen LogP contribution in [0, 0.1) is 5.82 Å². The first-order valence-electron chi connectivity index (χ1n) is 7.63. The van der Waals surface area contributed by atoms with E-state index in [0.29, 0.717) is 27.2 Å². The summed E-state index contributed by atoms with van der Waals surface area (Å²) in [5, 5.41) is 4.41. The third-order valence-corrected chi connectivity index (χ3v) is 4.95. The smallest absolute Gasteiger partial charge is 0.250 e. The average Bonchev–Trinajstić information content (AvgIpc) is 3.03. The van der Waals surface area contributed by atoms with E-state index in [1.807, 2.05) is 6.07 Å². The Morgan fingerprint density at radius 1 is 1.23 bits per heavy atom. The van der Waals surface area contributed by atoms with Crippen LogP contribution in [0.2, 0.25) is 10.0 Å². The van der Waals surface area contributed by atoms with E-state index >= 15 is 0 Å². The Morgan fingerprint density at radius 3 is 2.88 bits per heavy atom. The SMILES string of the molecule is O=C(/C=C/c1cccc(F)c1)Nc1ncc(Cc2cc(Cl)ccc2Cl)s1. The number of aromatic nitrogens is 1. The van der Waals surface area contributed by atoms with Crippen LogP contribution in [0.25, 0.3) is 6.08 Å². The highest BCUT2D eigenvalue weighted by Crippen LogP contribution is 2.27. The largest absolute Gasteiger partial charge is 0.298 e. The van der Waals surface area contributed by atoms with Gasteiger partial charge in [-0.2, -0.15) is 0 Å². The second-order valence-electron chi connectivity index (χ2n) is 5.42. The maximum Gasteiger partial charge on any atom is 0.250 e. The maximum atomic E-state index is 13.1. The van der Waals surface area contributed by atoms with E-state index in [0.717, 1.165) is 10.4 Å². The van der Waals surface area contributed by atoms with Gasteiger partial charge < -0.3 is 0 Å². The Morgan fingerprint density at radius 2 is 2.08 bits per heavy atom. The first kappa shape index (κ1) is 18.6. The van der Waals surface area contributed by atoms with Crippen LogP contribution in [0.3, 0.4) is 0 Å². The van der Waals surface area contributed by atoms with Crippen LogP contribution >= 0.6 is 34.5 Å². The molecular formula is C19H13Cl2FN2OS. The summed E-state index contributed by atoms with van der Waals surface area (Å²) in [4.78, 5) is 17.1. The van der Waals surface area contributed by atoms with Crippen molar-refractivity contribution in [2.45, 2.75) is 6.42 Å². The van der Waals surface area contributed by atoms with Crippen molar-refractivity contribution in [3.63, 3.8) is 0 Å². The predicted molar refractivity (Wildman–Crippen MR) is 105 cm³/mol. The van der Waals surface area contributed by atoms with Crippen molar-refractivity contribution < 1.29 is 9.18 Å². The number of carbonyl (C=O) groups excluding carboxylic acids is 1. The predicted octanol–water partition coefficient (Wildman–Crippen LogP) is 5.83. The van der Waals surface area contributed by atoms with Crippen molar-refractivity contribution in [2.24, 2.45) is 0 Å². The summed E-state index contributed by atoms with van der Waals surface area (Å²) in [6.07, 6.45) is 5.14. The van der Waals surface area contributed by atoms with E-state index in [4.69, 9.17) is 23.2 Å². The molecule has 3 nitrogen and oxygen atoms in total. The molecule has 3 rings (SSSR count). The minimum absolute atomic E-state index is 0.337. The van der Waals surface area contributed by atoms with Crippen molar-refractivity contribution >= 4 is 51.7 Å². The Hall–Kier alpha value is -2.21. The summed E-state index contributed by atoms with van der Waals surface area (Å²) in [6.45, 7) is 0. The summed E-state index contributed by atoms with van der Waals surface area (Å²) in [6, 6.07) is 11.3. The monoisotopic (exact) mass is 406 g/mol. The van der Waals surface area contributed by atoms with Gasteiger partial charge in [-0.05, 0) is 47.5 Å². The van der Waals surface area contributed by atoms with E-state index in [9.17, 15) is 9.18 Å². The maximum absolute atomic E-state index is 13.1. The van der Waals surface area contributed by atoms with Gasteiger partial charge in [0.25, 0.3) is 0 Å². The van der Waals surface area contributed by atoms with Gasteiger partial charge >= 0.3 is 0 Å². The average molecular weight is 407 g/mol. The van der Waals surface area contributed by atoms with Gasteiger partial charge in [-0.3, -0.25) is 10.1 Å². The van der Waals surface area contributed by atoms with Crippen molar-refractivity contribution in [3.8, 4) is 0 Å². The van der Waals surface area contributed by atoms with Crippen molar-refractivity contribution in [3.05, 3.63) is 86.6 Å². The molecule has 26 heavy (non-hydrogen) atoms. The molecule has 1 amide bonds. The summed E-state index contributed by atoms with van der Waals surface area (Å²) in [5.41, 5.74) is 1.50. The lowest BCUT2D eigenvalue weighted by Gasteiger charge is -2.02. The lowest BCUT2D eigenvalue weighted by atomic mass is 10.1. The van der Waals surface area contributed by atoms with Crippen LogP contribution < -0.4 is 5.32 Å². The minimum Gasteiger partial charge on any atom is -0.298 e. The second-order valence-corrected chi connectivity index (χ2v) is 7.38. The first-order chi connectivity index (χ1) is 12.5. The molecule has 1 aromatic heterocycles. The number of thiazole rings is 1. The van der Waals surface area contributed by atoms with Gasteiger partial charge in [0, 0.05) is 33.6 Å². The first-order valence-corrected chi connectivity index (χ1v) is 9.20. The van der Waals surface area contributed by atoms with Gasteiger partial charge in [-0.25, -0.2) is 9.37 Å². The molecule has 0 radical (unpaired) electrons. The number of nitrogens with zero attached hydrogens (tertiary/aromatic N) is 1. The third-order valence-electron chi connectivity index (χ3n) is 3.43. The summed E-state index contributed by atoms with van der Waals surface area (Å²) >= 11 is 13.5. The third kappa shape index (κ3) is 5.14. The van der Waals surface area contributed by atoms with E-state index in [2.05, 4.69) is 10.3 Å². The Bertz CT molecular complexity index is 972. The van der Waals surface area contributed by atoms with Gasteiger partial charge in [0.1, 0.15) is 5.82 Å². The lowest BCUT2D eigenvalue weighted by Crippen LogP contribution is -2.07. The normalized spacial score (nSPS) is 11.0. The summed E-state index contributed by atoms with van der Waals surface area (Å²) in [5.74, 6) is -0.687. The van der Waals surface area contributed by atoms with Crippen molar-refractivity contribution in [2.75, 3.05) is 5.32 Å². The number of amides is 1. The van der Waals surface area contributed by atoms with Gasteiger partial charge in [0.2, 0.25) is 5.91 Å². The Balaban J connectivity index is 1.63. The molecule has 3 aromatic rings. The van der Waals surface area contributed by atoms with Gasteiger partial charge in [-0.15, -0.1) is 11.3 Å². The second kappa shape index (κ2) is 8.45. The molecule has 0 bridgehead atoms. The lowest BCUT2D eigenvalue weighted by molar-refractivity contribution is -0.111. The van der Waals surface area contributed by atoms with E-state index < -0.39 is 0 Å². The standard InChI is InChI=1S/C19H13Cl2FN2OS/c20-14-5-6-17(21)13(9-14)10-16-11-23-19(26-16)24-18(25)7-4-12-2-1-3-15(22)8-12/h1-9,11H,10H2,(H,23,24,25)/b7-4+.